The largest absolute Gasteiger partial charge is 0.464 e. The molecule has 1 heterocycles. The number of nitrogens with two attached hydrogens (primary N) is 1. The summed E-state index contributed by atoms with van der Waals surface area (Å²) in [7, 11) is 0. The van der Waals surface area contributed by atoms with E-state index in [1.807, 2.05) is 18.2 Å². The van der Waals surface area contributed by atoms with Crippen LogP contribution in [0.1, 0.15) is 24.8 Å². The minimum Gasteiger partial charge on any atom is -0.464 e. The third-order valence-electron chi connectivity index (χ3n) is 3.82. The zero-order valence-electron chi connectivity index (χ0n) is 9.00. The first-order chi connectivity index (χ1) is 7.77. The van der Waals surface area contributed by atoms with E-state index < -0.39 is 0 Å². The molecule has 1 saturated carbocycles. The van der Waals surface area contributed by atoms with Crippen LogP contribution in [0.3, 0.4) is 0 Å². The monoisotopic (exact) mass is 235 g/mol. The van der Waals surface area contributed by atoms with Gasteiger partial charge < -0.3 is 10.2 Å². The van der Waals surface area contributed by atoms with Crippen molar-refractivity contribution in [2.24, 2.45) is 5.73 Å². The highest BCUT2D eigenvalue weighted by atomic mass is 35.5. The van der Waals surface area contributed by atoms with Gasteiger partial charge in [0.15, 0.2) is 0 Å². The average molecular weight is 236 g/mol. The van der Waals surface area contributed by atoms with Gasteiger partial charge in [0.25, 0.3) is 0 Å². The summed E-state index contributed by atoms with van der Waals surface area (Å²) in [6.45, 7) is 0.664. The van der Waals surface area contributed by atoms with Crippen LogP contribution >= 0.6 is 11.6 Å². The van der Waals surface area contributed by atoms with Gasteiger partial charge in [-0.05, 0) is 36.6 Å². The average Bonchev–Trinajstić information content (AvgIpc) is 2.68. The zero-order chi connectivity index (χ0) is 11.2. The molecule has 3 heteroatoms. The van der Waals surface area contributed by atoms with Gasteiger partial charge in [-0.1, -0.05) is 18.0 Å². The number of furan rings is 1. The second-order valence-corrected chi connectivity index (χ2v) is 5.00. The highest BCUT2D eigenvalue weighted by Gasteiger charge is 2.40. The molecule has 0 amide bonds. The number of hydrogen-bond donors (Lipinski definition) is 1. The molecule has 0 bridgehead atoms. The van der Waals surface area contributed by atoms with Crippen molar-refractivity contribution in [2.75, 3.05) is 6.54 Å². The number of rotatable bonds is 2. The SMILES string of the molecule is NCC1(c2c(Cl)ccc3occc23)CCC1. The lowest BCUT2D eigenvalue weighted by atomic mass is 9.64. The smallest absolute Gasteiger partial charge is 0.134 e. The Balaban J connectivity index is 2.28. The summed E-state index contributed by atoms with van der Waals surface area (Å²) in [6, 6.07) is 5.83. The summed E-state index contributed by atoms with van der Waals surface area (Å²) >= 11 is 6.34. The van der Waals surface area contributed by atoms with Gasteiger partial charge in [0.05, 0.1) is 6.26 Å². The van der Waals surface area contributed by atoms with Crippen LogP contribution in [0.5, 0.6) is 0 Å². The van der Waals surface area contributed by atoms with Gasteiger partial charge in [0.2, 0.25) is 0 Å². The van der Waals surface area contributed by atoms with E-state index in [9.17, 15) is 0 Å². The fraction of sp³-hybridized carbons (Fsp3) is 0.385. The van der Waals surface area contributed by atoms with Crippen molar-refractivity contribution < 1.29 is 4.42 Å². The Hall–Kier alpha value is -0.990. The van der Waals surface area contributed by atoms with E-state index in [-0.39, 0.29) is 5.41 Å². The lowest BCUT2D eigenvalue weighted by molar-refractivity contribution is 0.255. The Morgan fingerprint density at radius 3 is 2.75 bits per heavy atom. The van der Waals surface area contributed by atoms with Gasteiger partial charge >= 0.3 is 0 Å². The molecule has 3 rings (SSSR count). The first-order valence-corrected chi connectivity index (χ1v) is 6.01. The molecule has 2 aromatic rings. The third-order valence-corrected chi connectivity index (χ3v) is 4.13. The van der Waals surface area contributed by atoms with Crippen molar-refractivity contribution in [3.05, 3.63) is 35.0 Å². The quantitative estimate of drug-likeness (QED) is 0.866. The summed E-state index contributed by atoms with van der Waals surface area (Å²) in [5.41, 5.74) is 8.12. The van der Waals surface area contributed by atoms with Crippen molar-refractivity contribution in [3.8, 4) is 0 Å². The van der Waals surface area contributed by atoms with Gasteiger partial charge in [-0.2, -0.15) is 0 Å². The van der Waals surface area contributed by atoms with Crippen LogP contribution in [-0.4, -0.2) is 6.54 Å². The number of halogens is 1. The van der Waals surface area contributed by atoms with Gasteiger partial charge in [0, 0.05) is 22.4 Å². The van der Waals surface area contributed by atoms with Crippen LogP contribution in [0.4, 0.5) is 0 Å². The summed E-state index contributed by atoms with van der Waals surface area (Å²) in [6.07, 6.45) is 5.22. The fourth-order valence-corrected chi connectivity index (χ4v) is 3.08. The Labute approximate surface area is 99.4 Å². The molecule has 1 aliphatic carbocycles. The Morgan fingerprint density at radius 1 is 1.31 bits per heavy atom. The molecule has 1 aromatic carbocycles. The fourth-order valence-electron chi connectivity index (χ4n) is 2.72. The summed E-state index contributed by atoms with van der Waals surface area (Å²) in [5, 5.41) is 1.94. The highest BCUT2D eigenvalue weighted by molar-refractivity contribution is 6.32. The molecule has 16 heavy (non-hydrogen) atoms. The van der Waals surface area contributed by atoms with Crippen LogP contribution in [-0.2, 0) is 5.41 Å². The standard InChI is InChI=1S/C13H14ClNO/c14-10-2-3-11-9(4-7-16-11)12(10)13(8-15)5-1-6-13/h2-4,7H,1,5-6,8,15H2. The maximum atomic E-state index is 6.34. The maximum Gasteiger partial charge on any atom is 0.134 e. The van der Waals surface area contributed by atoms with E-state index in [4.69, 9.17) is 21.8 Å². The molecule has 1 aromatic heterocycles. The molecule has 2 N–H and O–H groups in total. The first-order valence-electron chi connectivity index (χ1n) is 5.63. The highest BCUT2D eigenvalue weighted by Crippen LogP contribution is 2.48. The van der Waals surface area contributed by atoms with E-state index in [0.717, 1.165) is 28.8 Å². The van der Waals surface area contributed by atoms with Gasteiger partial charge in [0.1, 0.15) is 5.58 Å². The summed E-state index contributed by atoms with van der Waals surface area (Å²) in [4.78, 5) is 0. The van der Waals surface area contributed by atoms with E-state index in [1.54, 1.807) is 6.26 Å². The first kappa shape index (κ1) is 10.2. The van der Waals surface area contributed by atoms with Crippen molar-refractivity contribution in [2.45, 2.75) is 24.7 Å². The Kier molecular flexibility index (Phi) is 2.23. The molecule has 2 nitrogen and oxygen atoms in total. The maximum absolute atomic E-state index is 6.34. The number of benzene rings is 1. The minimum atomic E-state index is 0.0838. The molecule has 0 atom stereocenters. The van der Waals surface area contributed by atoms with Crippen molar-refractivity contribution in [3.63, 3.8) is 0 Å². The Bertz CT molecular complexity index is 522. The molecule has 0 saturated heterocycles. The molecule has 1 fully saturated rings. The van der Waals surface area contributed by atoms with Crippen LogP contribution in [0.2, 0.25) is 5.02 Å². The van der Waals surface area contributed by atoms with Crippen LogP contribution < -0.4 is 5.73 Å². The van der Waals surface area contributed by atoms with E-state index >= 15 is 0 Å². The number of hydrogen-bond acceptors (Lipinski definition) is 2. The summed E-state index contributed by atoms with van der Waals surface area (Å²) in [5.74, 6) is 0. The number of fused-ring (bicyclic) bond motifs is 1. The van der Waals surface area contributed by atoms with Gasteiger partial charge in [-0.3, -0.25) is 0 Å². The normalized spacial score (nSPS) is 18.6. The zero-order valence-corrected chi connectivity index (χ0v) is 9.76. The molecule has 0 unspecified atom stereocenters. The van der Waals surface area contributed by atoms with Crippen molar-refractivity contribution >= 4 is 22.6 Å². The van der Waals surface area contributed by atoms with Crippen LogP contribution in [0.15, 0.2) is 28.9 Å². The van der Waals surface area contributed by atoms with Crippen LogP contribution in [0, 0.1) is 0 Å². The van der Waals surface area contributed by atoms with E-state index in [0.29, 0.717) is 6.54 Å². The van der Waals surface area contributed by atoms with Gasteiger partial charge in [-0.15, -0.1) is 0 Å². The molecule has 0 radical (unpaired) electrons. The topological polar surface area (TPSA) is 39.2 Å². The van der Waals surface area contributed by atoms with Crippen molar-refractivity contribution in [1.82, 2.24) is 0 Å². The predicted molar refractivity (Wildman–Crippen MR) is 65.8 cm³/mol. The van der Waals surface area contributed by atoms with E-state index in [1.165, 1.54) is 12.0 Å². The second kappa shape index (κ2) is 3.51. The van der Waals surface area contributed by atoms with Crippen LogP contribution in [0.25, 0.3) is 11.0 Å². The molecular weight excluding hydrogens is 222 g/mol. The molecule has 0 spiro atoms. The lowest BCUT2D eigenvalue weighted by Gasteiger charge is -2.42. The molecule has 1 aliphatic rings. The third kappa shape index (κ3) is 1.23. The predicted octanol–water partition coefficient (Wildman–Crippen LogP) is 3.47. The second-order valence-electron chi connectivity index (χ2n) is 4.59. The lowest BCUT2D eigenvalue weighted by Crippen LogP contribution is -2.41. The minimum absolute atomic E-state index is 0.0838. The molecule has 84 valence electrons. The molecular formula is C13H14ClNO. The van der Waals surface area contributed by atoms with Gasteiger partial charge in [-0.25, -0.2) is 0 Å². The Morgan fingerprint density at radius 2 is 2.12 bits per heavy atom. The van der Waals surface area contributed by atoms with Crippen molar-refractivity contribution in [1.29, 1.82) is 0 Å². The molecule has 0 aliphatic heterocycles. The van der Waals surface area contributed by atoms with E-state index in [2.05, 4.69) is 0 Å². The summed E-state index contributed by atoms with van der Waals surface area (Å²) < 4.78 is 5.42.